The molecule has 0 bridgehead atoms. The number of imidazole rings is 1. The number of hydrogen-bond donors (Lipinski definition) is 2. The molecule has 3 rings (SSSR count). The van der Waals surface area contributed by atoms with Gasteiger partial charge in [0.25, 0.3) is 5.91 Å². The zero-order chi connectivity index (χ0) is 12.7. The number of aromatic carboxylic acids is 1. The number of aromatic amines is 1. The van der Waals surface area contributed by atoms with Gasteiger partial charge in [-0.1, -0.05) is 0 Å². The highest BCUT2D eigenvalue weighted by molar-refractivity contribution is 6.02. The number of aromatic nitrogens is 2. The summed E-state index contributed by atoms with van der Waals surface area (Å²) in [5.41, 5.74) is -0.0727. The molecule has 18 heavy (non-hydrogen) atoms. The Hall–Kier alpha value is -1.85. The minimum absolute atomic E-state index is 0.0371. The first kappa shape index (κ1) is 11.3. The lowest BCUT2D eigenvalue weighted by Gasteiger charge is -2.21. The molecule has 1 amide bonds. The molecule has 0 aromatic carbocycles. The van der Waals surface area contributed by atoms with Crippen LogP contribution in [-0.4, -0.2) is 44.4 Å². The zero-order valence-corrected chi connectivity index (χ0v) is 9.93. The SMILES string of the molecule is O=C(O)c1[nH]cnc1C(=O)N(CC1CC1)C1CC1. The summed E-state index contributed by atoms with van der Waals surface area (Å²) in [6.45, 7) is 0.745. The van der Waals surface area contributed by atoms with E-state index in [-0.39, 0.29) is 23.3 Å². The van der Waals surface area contributed by atoms with Crippen molar-refractivity contribution >= 4 is 11.9 Å². The smallest absolute Gasteiger partial charge is 0.354 e. The van der Waals surface area contributed by atoms with E-state index in [4.69, 9.17) is 5.11 Å². The zero-order valence-electron chi connectivity index (χ0n) is 9.93. The maximum absolute atomic E-state index is 12.4. The molecule has 2 N–H and O–H groups in total. The Morgan fingerprint density at radius 3 is 2.67 bits per heavy atom. The largest absolute Gasteiger partial charge is 0.477 e. The summed E-state index contributed by atoms with van der Waals surface area (Å²) in [5.74, 6) is -0.789. The Balaban J connectivity index is 1.81. The Morgan fingerprint density at radius 1 is 1.39 bits per heavy atom. The molecule has 6 heteroatoms. The first-order chi connectivity index (χ1) is 8.66. The van der Waals surface area contributed by atoms with Crippen LogP contribution in [-0.2, 0) is 0 Å². The van der Waals surface area contributed by atoms with Crippen LogP contribution in [0, 0.1) is 5.92 Å². The summed E-state index contributed by atoms with van der Waals surface area (Å²) in [4.78, 5) is 31.5. The maximum atomic E-state index is 12.4. The summed E-state index contributed by atoms with van der Waals surface area (Å²) in [6.07, 6.45) is 5.64. The lowest BCUT2D eigenvalue weighted by Crippen LogP contribution is -2.36. The van der Waals surface area contributed by atoms with E-state index < -0.39 is 5.97 Å². The van der Waals surface area contributed by atoms with Crippen LogP contribution < -0.4 is 0 Å². The van der Waals surface area contributed by atoms with E-state index in [1.807, 2.05) is 0 Å². The third-order valence-electron chi connectivity index (χ3n) is 3.46. The third-order valence-corrected chi connectivity index (χ3v) is 3.46. The molecule has 1 heterocycles. The predicted octanol–water partition coefficient (Wildman–Crippen LogP) is 1.12. The van der Waals surface area contributed by atoms with Gasteiger partial charge in [-0.15, -0.1) is 0 Å². The Kier molecular flexibility index (Phi) is 2.57. The second-order valence-corrected chi connectivity index (χ2v) is 5.06. The van der Waals surface area contributed by atoms with E-state index in [2.05, 4.69) is 9.97 Å². The van der Waals surface area contributed by atoms with Gasteiger partial charge in [0.2, 0.25) is 0 Å². The third kappa shape index (κ3) is 2.10. The van der Waals surface area contributed by atoms with Crippen LogP contribution in [0.2, 0.25) is 0 Å². The van der Waals surface area contributed by atoms with Crippen LogP contribution in [0.1, 0.15) is 46.7 Å². The number of carboxylic acid groups (broad SMARTS) is 1. The van der Waals surface area contributed by atoms with Crippen LogP contribution >= 0.6 is 0 Å². The fraction of sp³-hybridized carbons (Fsp3) is 0.583. The minimum atomic E-state index is -1.14. The van der Waals surface area contributed by atoms with E-state index in [0.29, 0.717) is 5.92 Å². The van der Waals surface area contributed by atoms with Crippen LogP contribution in [0.25, 0.3) is 0 Å². The summed E-state index contributed by atoms with van der Waals surface area (Å²) < 4.78 is 0. The fourth-order valence-corrected chi connectivity index (χ4v) is 2.12. The predicted molar refractivity (Wildman–Crippen MR) is 62.3 cm³/mol. The first-order valence-electron chi connectivity index (χ1n) is 6.24. The summed E-state index contributed by atoms with van der Waals surface area (Å²) in [7, 11) is 0. The molecule has 2 aliphatic rings. The fourth-order valence-electron chi connectivity index (χ4n) is 2.12. The lowest BCUT2D eigenvalue weighted by molar-refractivity contribution is 0.0662. The highest BCUT2D eigenvalue weighted by Gasteiger charge is 2.38. The number of rotatable bonds is 5. The van der Waals surface area contributed by atoms with E-state index in [9.17, 15) is 9.59 Å². The summed E-state index contributed by atoms with van der Waals surface area (Å²) in [5, 5.41) is 8.99. The number of hydrogen-bond acceptors (Lipinski definition) is 3. The molecule has 2 aliphatic carbocycles. The second kappa shape index (κ2) is 4.12. The van der Waals surface area contributed by atoms with Crippen molar-refractivity contribution in [3.05, 3.63) is 17.7 Å². The number of H-pyrrole nitrogens is 1. The normalized spacial score (nSPS) is 18.7. The van der Waals surface area contributed by atoms with Crippen LogP contribution in [0.4, 0.5) is 0 Å². The number of amides is 1. The van der Waals surface area contributed by atoms with Gasteiger partial charge in [-0.25, -0.2) is 9.78 Å². The monoisotopic (exact) mass is 249 g/mol. The number of carboxylic acids is 1. The standard InChI is InChI=1S/C12H15N3O3/c16-11(9-10(12(17)18)14-6-13-9)15(8-3-4-8)5-7-1-2-7/h6-8H,1-5H2,(H,13,14)(H,17,18). The molecule has 2 saturated carbocycles. The first-order valence-corrected chi connectivity index (χ1v) is 6.24. The molecule has 0 unspecified atom stereocenters. The van der Waals surface area contributed by atoms with Crippen molar-refractivity contribution < 1.29 is 14.7 Å². The van der Waals surface area contributed by atoms with Gasteiger partial charge in [0.05, 0.1) is 6.33 Å². The van der Waals surface area contributed by atoms with Crippen molar-refractivity contribution in [3.63, 3.8) is 0 Å². The van der Waals surface area contributed by atoms with Gasteiger partial charge in [-0.2, -0.15) is 0 Å². The Bertz CT molecular complexity index is 489. The van der Waals surface area contributed by atoms with Gasteiger partial charge in [0.15, 0.2) is 11.4 Å². The van der Waals surface area contributed by atoms with E-state index in [0.717, 1.165) is 19.4 Å². The molecule has 1 aromatic heterocycles. The molecule has 2 fully saturated rings. The van der Waals surface area contributed by atoms with E-state index in [1.54, 1.807) is 4.90 Å². The Morgan fingerprint density at radius 2 is 2.11 bits per heavy atom. The molecule has 6 nitrogen and oxygen atoms in total. The van der Waals surface area contributed by atoms with Crippen molar-refractivity contribution in [2.24, 2.45) is 5.92 Å². The quantitative estimate of drug-likeness (QED) is 0.818. The van der Waals surface area contributed by atoms with Gasteiger partial charge in [0.1, 0.15) is 0 Å². The van der Waals surface area contributed by atoms with Crippen molar-refractivity contribution in [2.75, 3.05) is 6.54 Å². The molecule has 0 atom stereocenters. The summed E-state index contributed by atoms with van der Waals surface area (Å²) in [6, 6.07) is 0.288. The van der Waals surface area contributed by atoms with E-state index >= 15 is 0 Å². The van der Waals surface area contributed by atoms with Crippen molar-refractivity contribution in [1.82, 2.24) is 14.9 Å². The Labute approximate surface area is 104 Å². The van der Waals surface area contributed by atoms with Gasteiger partial charge in [-0.05, 0) is 31.6 Å². The number of carbonyl (C=O) groups is 2. The van der Waals surface area contributed by atoms with E-state index in [1.165, 1.54) is 19.2 Å². The molecular formula is C12H15N3O3. The van der Waals surface area contributed by atoms with Crippen molar-refractivity contribution in [3.8, 4) is 0 Å². The molecule has 96 valence electrons. The van der Waals surface area contributed by atoms with Gasteiger partial charge >= 0.3 is 5.97 Å². The molecule has 0 saturated heterocycles. The molecule has 1 aromatic rings. The molecule has 0 aliphatic heterocycles. The van der Waals surface area contributed by atoms with Crippen LogP contribution in [0.3, 0.4) is 0 Å². The van der Waals surface area contributed by atoms with Crippen molar-refractivity contribution in [2.45, 2.75) is 31.7 Å². The number of nitrogens with zero attached hydrogens (tertiary/aromatic N) is 2. The lowest BCUT2D eigenvalue weighted by atomic mass is 10.2. The number of nitrogens with one attached hydrogen (secondary N) is 1. The minimum Gasteiger partial charge on any atom is -0.477 e. The average Bonchev–Trinajstić information content (AvgIpc) is 3.24. The average molecular weight is 249 g/mol. The van der Waals surface area contributed by atoms with Crippen molar-refractivity contribution in [1.29, 1.82) is 0 Å². The van der Waals surface area contributed by atoms with Gasteiger partial charge in [-0.3, -0.25) is 4.79 Å². The highest BCUT2D eigenvalue weighted by atomic mass is 16.4. The van der Waals surface area contributed by atoms with Crippen LogP contribution in [0.5, 0.6) is 0 Å². The van der Waals surface area contributed by atoms with Gasteiger partial charge in [0, 0.05) is 12.6 Å². The molecular weight excluding hydrogens is 234 g/mol. The molecule has 0 spiro atoms. The topological polar surface area (TPSA) is 86.3 Å². The van der Waals surface area contributed by atoms with Crippen LogP contribution in [0.15, 0.2) is 6.33 Å². The maximum Gasteiger partial charge on any atom is 0.354 e. The molecule has 0 radical (unpaired) electrons. The number of carbonyl (C=O) groups excluding carboxylic acids is 1. The van der Waals surface area contributed by atoms with Gasteiger partial charge < -0.3 is 15.0 Å². The summed E-state index contributed by atoms with van der Waals surface area (Å²) >= 11 is 0. The highest BCUT2D eigenvalue weighted by Crippen LogP contribution is 2.35. The second-order valence-electron chi connectivity index (χ2n) is 5.06.